The van der Waals surface area contributed by atoms with Gasteiger partial charge in [-0.15, -0.1) is 0 Å². The SMILES string of the molecule is CCCCCc1c(C(C)(C)O)nc(C(C)C)c(CO[Si](c2ccccc2)(c2ccccc2)C(C)(C)C)c1-c1ccc(F)cc1. The summed E-state index contributed by atoms with van der Waals surface area (Å²) >= 11 is 0. The molecule has 0 bridgehead atoms. The van der Waals surface area contributed by atoms with E-state index in [2.05, 4.69) is 102 Å². The van der Waals surface area contributed by atoms with Crippen LogP contribution in [0.5, 0.6) is 0 Å². The first-order valence-corrected chi connectivity index (χ1v) is 18.0. The minimum Gasteiger partial charge on any atom is -0.403 e. The number of pyridine rings is 1. The second-order valence-corrected chi connectivity index (χ2v) is 18.1. The van der Waals surface area contributed by atoms with Crippen LogP contribution in [0.4, 0.5) is 4.39 Å². The number of nitrogens with zero attached hydrogens (tertiary/aromatic N) is 1. The summed E-state index contributed by atoms with van der Waals surface area (Å²) in [6.45, 7) is 17.3. The van der Waals surface area contributed by atoms with Gasteiger partial charge in [-0.2, -0.15) is 0 Å². The summed E-state index contributed by atoms with van der Waals surface area (Å²) in [5.74, 6) is -0.190. The van der Waals surface area contributed by atoms with Gasteiger partial charge in [0.2, 0.25) is 0 Å². The monoisotopic (exact) mass is 611 g/mol. The van der Waals surface area contributed by atoms with Crippen LogP contribution in [0, 0.1) is 5.82 Å². The summed E-state index contributed by atoms with van der Waals surface area (Å²) in [5, 5.41) is 13.7. The maximum atomic E-state index is 14.3. The van der Waals surface area contributed by atoms with Crippen LogP contribution in [-0.4, -0.2) is 18.4 Å². The Hall–Kier alpha value is -3.12. The van der Waals surface area contributed by atoms with E-state index in [9.17, 15) is 9.50 Å². The summed E-state index contributed by atoms with van der Waals surface area (Å²) in [7, 11) is -2.86. The lowest BCUT2D eigenvalue weighted by molar-refractivity contribution is 0.0724. The maximum Gasteiger partial charge on any atom is 0.261 e. The zero-order valence-electron chi connectivity index (χ0n) is 27.9. The van der Waals surface area contributed by atoms with Crippen molar-refractivity contribution < 1.29 is 13.9 Å². The van der Waals surface area contributed by atoms with Gasteiger partial charge in [0.25, 0.3) is 8.32 Å². The van der Waals surface area contributed by atoms with E-state index in [0.717, 1.165) is 53.6 Å². The standard InChI is InChI=1S/C39H50FNO2Si/c1-9-10-13-22-33-35(29-23-25-30(40)26-24-29)34(36(28(2)3)41-37(33)39(7,8)42)27-43-44(38(4,5)6,31-18-14-11-15-19-31)32-20-16-12-17-21-32/h11-12,14-21,23-26,28,42H,9-10,13,22,27H2,1-8H3. The van der Waals surface area contributed by atoms with E-state index < -0.39 is 13.9 Å². The van der Waals surface area contributed by atoms with Gasteiger partial charge in [-0.25, -0.2) is 4.39 Å². The van der Waals surface area contributed by atoms with E-state index in [0.29, 0.717) is 12.3 Å². The van der Waals surface area contributed by atoms with Crippen molar-refractivity contribution in [2.45, 2.75) is 104 Å². The van der Waals surface area contributed by atoms with Gasteiger partial charge < -0.3 is 9.53 Å². The molecule has 4 rings (SSSR count). The van der Waals surface area contributed by atoms with Gasteiger partial charge in [-0.3, -0.25) is 4.98 Å². The highest BCUT2D eigenvalue weighted by molar-refractivity contribution is 6.99. The molecule has 0 fully saturated rings. The van der Waals surface area contributed by atoms with Gasteiger partial charge in [0.1, 0.15) is 11.4 Å². The number of rotatable bonds is 12. The largest absolute Gasteiger partial charge is 0.403 e. The third-order valence-corrected chi connectivity index (χ3v) is 13.6. The lowest BCUT2D eigenvalue weighted by Crippen LogP contribution is -2.66. The molecule has 0 spiro atoms. The Morgan fingerprint density at radius 2 is 1.34 bits per heavy atom. The van der Waals surface area contributed by atoms with Crippen molar-refractivity contribution >= 4 is 18.7 Å². The summed E-state index contributed by atoms with van der Waals surface area (Å²) < 4.78 is 21.8. The normalized spacial score (nSPS) is 12.6. The molecule has 234 valence electrons. The molecule has 0 unspecified atom stereocenters. The van der Waals surface area contributed by atoms with E-state index in [-0.39, 0.29) is 16.8 Å². The average molecular weight is 612 g/mol. The van der Waals surface area contributed by atoms with Crippen LogP contribution in [0.15, 0.2) is 84.9 Å². The van der Waals surface area contributed by atoms with Gasteiger partial charge in [0.05, 0.1) is 12.3 Å². The fraction of sp³-hybridized carbons (Fsp3) is 0.410. The fourth-order valence-corrected chi connectivity index (χ4v) is 11.0. The summed E-state index contributed by atoms with van der Waals surface area (Å²) in [6.07, 6.45) is 3.92. The molecule has 0 amide bonds. The number of hydrogen-bond acceptors (Lipinski definition) is 3. The van der Waals surface area contributed by atoms with Crippen LogP contribution >= 0.6 is 0 Å². The maximum absolute atomic E-state index is 14.3. The van der Waals surface area contributed by atoms with Gasteiger partial charge >= 0.3 is 0 Å². The molecule has 3 nitrogen and oxygen atoms in total. The minimum atomic E-state index is -2.86. The third-order valence-electron chi connectivity index (χ3n) is 8.57. The van der Waals surface area contributed by atoms with Crippen LogP contribution in [-0.2, 0) is 23.1 Å². The highest BCUT2D eigenvalue weighted by Gasteiger charge is 2.50. The smallest absolute Gasteiger partial charge is 0.261 e. The van der Waals surface area contributed by atoms with E-state index in [4.69, 9.17) is 9.41 Å². The number of aliphatic hydroxyl groups is 1. The second-order valence-electron chi connectivity index (χ2n) is 13.8. The Morgan fingerprint density at radius 1 is 0.795 bits per heavy atom. The zero-order valence-corrected chi connectivity index (χ0v) is 28.9. The molecule has 0 radical (unpaired) electrons. The predicted molar refractivity (Wildman–Crippen MR) is 185 cm³/mol. The van der Waals surface area contributed by atoms with Crippen LogP contribution in [0.3, 0.4) is 0 Å². The van der Waals surface area contributed by atoms with Crippen LogP contribution in [0.2, 0.25) is 5.04 Å². The molecule has 1 N–H and O–H groups in total. The van der Waals surface area contributed by atoms with Crippen molar-refractivity contribution in [3.05, 3.63) is 113 Å². The molecule has 0 saturated heterocycles. The van der Waals surface area contributed by atoms with E-state index in [1.807, 2.05) is 26.0 Å². The van der Waals surface area contributed by atoms with Crippen LogP contribution in [0.25, 0.3) is 11.1 Å². The highest BCUT2D eigenvalue weighted by Crippen LogP contribution is 2.42. The number of halogens is 1. The minimum absolute atomic E-state index is 0.0812. The van der Waals surface area contributed by atoms with Crippen LogP contribution < -0.4 is 10.4 Å². The lowest BCUT2D eigenvalue weighted by atomic mass is 9.84. The fourth-order valence-electron chi connectivity index (χ4n) is 6.52. The van der Waals surface area contributed by atoms with E-state index in [1.165, 1.54) is 22.5 Å². The molecule has 0 saturated carbocycles. The molecular formula is C39H50FNO2Si. The second kappa shape index (κ2) is 13.9. The number of unbranched alkanes of at least 4 members (excludes halogenated alkanes) is 2. The topological polar surface area (TPSA) is 42.4 Å². The Kier molecular flexibility index (Phi) is 10.7. The summed E-state index contributed by atoms with van der Waals surface area (Å²) in [4.78, 5) is 5.25. The van der Waals surface area contributed by atoms with Crippen molar-refractivity contribution in [3.8, 4) is 11.1 Å². The Labute approximate surface area is 265 Å². The van der Waals surface area contributed by atoms with E-state index in [1.54, 1.807) is 0 Å². The molecule has 0 atom stereocenters. The van der Waals surface area contributed by atoms with Crippen molar-refractivity contribution in [2.75, 3.05) is 0 Å². The molecule has 0 aliphatic carbocycles. The Morgan fingerprint density at radius 3 is 1.80 bits per heavy atom. The quantitative estimate of drug-likeness (QED) is 0.128. The molecule has 5 heteroatoms. The van der Waals surface area contributed by atoms with Crippen molar-refractivity contribution in [2.24, 2.45) is 0 Å². The molecule has 0 aliphatic rings. The first-order chi connectivity index (χ1) is 20.8. The molecular weight excluding hydrogens is 562 g/mol. The molecule has 3 aromatic carbocycles. The predicted octanol–water partition coefficient (Wildman–Crippen LogP) is 9.05. The van der Waals surface area contributed by atoms with Gasteiger partial charge in [-0.1, -0.05) is 127 Å². The first kappa shape index (κ1) is 33.8. The van der Waals surface area contributed by atoms with Gasteiger partial charge in [0.15, 0.2) is 0 Å². The number of benzene rings is 3. The average Bonchev–Trinajstić information content (AvgIpc) is 2.97. The Bertz CT molecular complexity index is 1470. The first-order valence-electron chi connectivity index (χ1n) is 16.1. The number of hydrogen-bond donors (Lipinski definition) is 1. The van der Waals surface area contributed by atoms with Crippen molar-refractivity contribution in [3.63, 3.8) is 0 Å². The highest BCUT2D eigenvalue weighted by atomic mass is 28.4. The van der Waals surface area contributed by atoms with Gasteiger partial charge in [0, 0.05) is 11.3 Å². The summed E-state index contributed by atoms with van der Waals surface area (Å²) in [5.41, 5.74) is 4.48. The van der Waals surface area contributed by atoms with Gasteiger partial charge in [-0.05, 0) is 76.8 Å². The molecule has 44 heavy (non-hydrogen) atoms. The molecule has 4 aromatic rings. The molecule has 1 heterocycles. The summed E-state index contributed by atoms with van der Waals surface area (Å²) in [6, 6.07) is 28.1. The Balaban J connectivity index is 2.04. The lowest BCUT2D eigenvalue weighted by Gasteiger charge is -2.43. The van der Waals surface area contributed by atoms with Crippen molar-refractivity contribution in [1.29, 1.82) is 0 Å². The number of aromatic nitrogens is 1. The van der Waals surface area contributed by atoms with Crippen molar-refractivity contribution in [1.82, 2.24) is 4.98 Å². The van der Waals surface area contributed by atoms with Crippen LogP contribution in [0.1, 0.15) is 103 Å². The zero-order chi connectivity index (χ0) is 32.1. The molecule has 0 aliphatic heterocycles. The van der Waals surface area contributed by atoms with E-state index >= 15 is 0 Å². The molecule has 1 aromatic heterocycles. The third kappa shape index (κ3) is 7.06.